The summed E-state index contributed by atoms with van der Waals surface area (Å²) in [5, 5.41) is 4.04. The molecule has 1 N–H and O–H groups in total. The SMILES string of the molecule is Cc1ccc(N(CC(=O)N(Cc2ccc(Cl)cc2Cl)[C@H](Cc2ccccc2)C(=O)NC(C)C)S(=O)(=O)c2ccc(Cl)cc2)cc1C. The van der Waals surface area contributed by atoms with Crippen LogP contribution >= 0.6 is 34.8 Å². The Hall–Kier alpha value is -3.56. The number of sulfonamides is 1. The van der Waals surface area contributed by atoms with Crippen molar-refractivity contribution in [2.45, 2.75) is 57.6 Å². The molecule has 46 heavy (non-hydrogen) atoms. The molecule has 0 aromatic heterocycles. The zero-order valence-electron chi connectivity index (χ0n) is 26.0. The summed E-state index contributed by atoms with van der Waals surface area (Å²) in [5.41, 5.74) is 3.50. The van der Waals surface area contributed by atoms with Gasteiger partial charge in [0, 0.05) is 34.1 Å². The lowest BCUT2D eigenvalue weighted by Gasteiger charge is -2.34. The fourth-order valence-corrected chi connectivity index (χ4v) is 6.91. The van der Waals surface area contributed by atoms with Gasteiger partial charge in [-0.1, -0.05) is 77.3 Å². The van der Waals surface area contributed by atoms with Gasteiger partial charge in [0.25, 0.3) is 10.0 Å². The van der Waals surface area contributed by atoms with Gasteiger partial charge in [-0.3, -0.25) is 13.9 Å². The number of nitrogens with zero attached hydrogens (tertiary/aromatic N) is 2. The number of halogens is 3. The largest absolute Gasteiger partial charge is 0.352 e. The maximum absolute atomic E-state index is 14.6. The first kappa shape index (κ1) is 35.3. The fraction of sp³-hybridized carbons (Fsp3) is 0.257. The number of carbonyl (C=O) groups is 2. The molecule has 0 heterocycles. The Balaban J connectivity index is 1.84. The molecule has 0 bridgehead atoms. The standard InChI is InChI=1S/C35H36Cl3N3O4S/c1-23(2)39-35(43)33(19-26-8-6-5-7-9-26)40(21-27-11-12-29(37)20-32(27)38)34(42)22-41(30-15-10-24(3)25(4)18-30)46(44,45)31-16-13-28(36)14-17-31/h5-18,20,23,33H,19,21-22H2,1-4H3,(H,39,43)/t33-/m1/s1. The number of hydrogen-bond acceptors (Lipinski definition) is 4. The van der Waals surface area contributed by atoms with Crippen molar-refractivity contribution >= 4 is 62.3 Å². The van der Waals surface area contributed by atoms with Gasteiger partial charge in [-0.05, 0) is 98.5 Å². The monoisotopic (exact) mass is 699 g/mol. The third-order valence-electron chi connectivity index (χ3n) is 7.52. The van der Waals surface area contributed by atoms with Gasteiger partial charge in [-0.15, -0.1) is 0 Å². The van der Waals surface area contributed by atoms with Crippen molar-refractivity contribution in [2.24, 2.45) is 0 Å². The molecule has 1 atom stereocenters. The maximum Gasteiger partial charge on any atom is 0.264 e. The van der Waals surface area contributed by atoms with E-state index in [4.69, 9.17) is 34.8 Å². The quantitative estimate of drug-likeness (QED) is 0.165. The predicted molar refractivity (Wildman–Crippen MR) is 186 cm³/mol. The average Bonchev–Trinajstić information content (AvgIpc) is 3.00. The van der Waals surface area contributed by atoms with E-state index in [0.29, 0.717) is 26.3 Å². The van der Waals surface area contributed by atoms with E-state index in [1.54, 1.807) is 36.4 Å². The van der Waals surface area contributed by atoms with E-state index in [1.807, 2.05) is 58.0 Å². The predicted octanol–water partition coefficient (Wildman–Crippen LogP) is 7.62. The lowest BCUT2D eigenvalue weighted by atomic mass is 10.0. The Labute approximate surface area is 286 Å². The number of carbonyl (C=O) groups excluding carboxylic acids is 2. The zero-order chi connectivity index (χ0) is 33.6. The Morgan fingerprint density at radius 2 is 1.46 bits per heavy atom. The van der Waals surface area contributed by atoms with E-state index >= 15 is 0 Å². The number of rotatable bonds is 12. The summed E-state index contributed by atoms with van der Waals surface area (Å²) in [6.07, 6.45) is 0.184. The van der Waals surface area contributed by atoms with Crippen LogP contribution in [0.1, 0.15) is 36.1 Å². The summed E-state index contributed by atoms with van der Waals surface area (Å²) >= 11 is 18.8. The molecule has 7 nitrogen and oxygen atoms in total. The van der Waals surface area contributed by atoms with Crippen LogP contribution < -0.4 is 9.62 Å². The number of anilines is 1. The van der Waals surface area contributed by atoms with E-state index < -0.39 is 28.5 Å². The summed E-state index contributed by atoms with van der Waals surface area (Å²) in [6.45, 7) is 6.80. The van der Waals surface area contributed by atoms with Gasteiger partial charge < -0.3 is 10.2 Å². The number of aryl methyl sites for hydroxylation is 2. The van der Waals surface area contributed by atoms with E-state index in [-0.39, 0.29) is 29.8 Å². The number of benzene rings is 4. The van der Waals surface area contributed by atoms with E-state index in [9.17, 15) is 18.0 Å². The number of amides is 2. The van der Waals surface area contributed by atoms with Gasteiger partial charge in [0.1, 0.15) is 12.6 Å². The molecule has 11 heteroatoms. The van der Waals surface area contributed by atoms with Crippen LogP contribution in [-0.4, -0.2) is 43.8 Å². The molecule has 0 aliphatic carbocycles. The average molecular weight is 701 g/mol. The lowest BCUT2D eigenvalue weighted by Crippen LogP contribution is -2.54. The first-order valence-corrected chi connectivity index (χ1v) is 17.3. The van der Waals surface area contributed by atoms with Crippen molar-refractivity contribution in [1.82, 2.24) is 10.2 Å². The van der Waals surface area contributed by atoms with Crippen molar-refractivity contribution in [2.75, 3.05) is 10.8 Å². The minimum absolute atomic E-state index is 0.0337. The minimum Gasteiger partial charge on any atom is -0.352 e. The molecule has 4 aromatic rings. The molecular weight excluding hydrogens is 665 g/mol. The first-order chi connectivity index (χ1) is 21.8. The minimum atomic E-state index is -4.26. The fourth-order valence-electron chi connectivity index (χ4n) is 4.91. The normalized spacial score (nSPS) is 12.1. The summed E-state index contributed by atoms with van der Waals surface area (Å²) in [6, 6.07) is 24.0. The highest BCUT2D eigenvalue weighted by Crippen LogP contribution is 2.29. The van der Waals surface area contributed by atoms with Gasteiger partial charge in [0.05, 0.1) is 10.6 Å². The molecule has 0 saturated heterocycles. The molecule has 4 aromatic carbocycles. The Kier molecular flexibility index (Phi) is 11.8. The molecular formula is C35H36Cl3N3O4S. The van der Waals surface area contributed by atoms with E-state index in [2.05, 4.69) is 5.32 Å². The summed E-state index contributed by atoms with van der Waals surface area (Å²) in [4.78, 5) is 29.7. The summed E-state index contributed by atoms with van der Waals surface area (Å²) in [7, 11) is -4.26. The third kappa shape index (κ3) is 8.82. The Bertz CT molecular complexity index is 1800. The van der Waals surface area contributed by atoms with Crippen LogP contribution in [0.4, 0.5) is 5.69 Å². The van der Waals surface area contributed by atoms with Gasteiger partial charge in [0.15, 0.2) is 0 Å². The van der Waals surface area contributed by atoms with Crippen LogP contribution in [0, 0.1) is 13.8 Å². The highest BCUT2D eigenvalue weighted by molar-refractivity contribution is 7.92. The lowest BCUT2D eigenvalue weighted by molar-refractivity contribution is -0.140. The topological polar surface area (TPSA) is 86.8 Å². The van der Waals surface area contributed by atoms with Crippen molar-refractivity contribution in [3.8, 4) is 0 Å². The van der Waals surface area contributed by atoms with Gasteiger partial charge in [0.2, 0.25) is 11.8 Å². The van der Waals surface area contributed by atoms with Crippen LogP contribution in [0.2, 0.25) is 15.1 Å². The van der Waals surface area contributed by atoms with Crippen LogP contribution in [0.3, 0.4) is 0 Å². The van der Waals surface area contributed by atoms with Gasteiger partial charge >= 0.3 is 0 Å². The van der Waals surface area contributed by atoms with E-state index in [0.717, 1.165) is 21.0 Å². The van der Waals surface area contributed by atoms with Crippen molar-refractivity contribution < 1.29 is 18.0 Å². The third-order valence-corrected chi connectivity index (χ3v) is 10.1. The molecule has 0 aliphatic heterocycles. The molecule has 0 aliphatic rings. The molecule has 0 spiro atoms. The van der Waals surface area contributed by atoms with Crippen LogP contribution in [0.15, 0.2) is 95.9 Å². The molecule has 0 unspecified atom stereocenters. The van der Waals surface area contributed by atoms with Crippen LogP contribution in [0.25, 0.3) is 0 Å². The second-order valence-electron chi connectivity index (χ2n) is 11.4. The van der Waals surface area contributed by atoms with Gasteiger partial charge in [-0.2, -0.15) is 0 Å². The van der Waals surface area contributed by atoms with Crippen LogP contribution in [0.5, 0.6) is 0 Å². The molecule has 2 amide bonds. The highest BCUT2D eigenvalue weighted by atomic mass is 35.5. The van der Waals surface area contributed by atoms with Crippen molar-refractivity contribution in [3.63, 3.8) is 0 Å². The highest BCUT2D eigenvalue weighted by Gasteiger charge is 2.35. The maximum atomic E-state index is 14.6. The second-order valence-corrected chi connectivity index (χ2v) is 14.5. The molecule has 0 radical (unpaired) electrons. The summed E-state index contributed by atoms with van der Waals surface area (Å²) < 4.78 is 29.4. The first-order valence-electron chi connectivity index (χ1n) is 14.7. The van der Waals surface area contributed by atoms with Crippen LogP contribution in [-0.2, 0) is 32.6 Å². The summed E-state index contributed by atoms with van der Waals surface area (Å²) in [5.74, 6) is -0.975. The Morgan fingerprint density at radius 1 is 0.804 bits per heavy atom. The van der Waals surface area contributed by atoms with E-state index in [1.165, 1.54) is 29.2 Å². The zero-order valence-corrected chi connectivity index (χ0v) is 29.1. The molecule has 0 fully saturated rings. The number of nitrogens with one attached hydrogen (secondary N) is 1. The number of hydrogen-bond donors (Lipinski definition) is 1. The van der Waals surface area contributed by atoms with Crippen molar-refractivity contribution in [3.05, 3.63) is 128 Å². The van der Waals surface area contributed by atoms with Crippen molar-refractivity contribution in [1.29, 1.82) is 0 Å². The Morgan fingerprint density at radius 3 is 2.07 bits per heavy atom. The smallest absolute Gasteiger partial charge is 0.264 e. The molecule has 0 saturated carbocycles. The second kappa shape index (κ2) is 15.4. The van der Waals surface area contributed by atoms with Gasteiger partial charge in [-0.25, -0.2) is 8.42 Å². The molecule has 4 rings (SSSR count). The molecule has 242 valence electrons.